The maximum atomic E-state index is 13.3. The molecule has 0 radical (unpaired) electrons. The van der Waals surface area contributed by atoms with E-state index in [4.69, 9.17) is 16.3 Å². The van der Waals surface area contributed by atoms with Crippen molar-refractivity contribution in [3.8, 4) is 11.5 Å². The second-order valence-electron chi connectivity index (χ2n) is 4.42. The number of benzene rings is 2. The van der Waals surface area contributed by atoms with Crippen LogP contribution in [-0.2, 0) is 12.3 Å². The van der Waals surface area contributed by atoms with E-state index in [1.165, 1.54) is 17.7 Å². The normalized spacial score (nSPS) is 10.5. The average molecular weight is 279 g/mol. The van der Waals surface area contributed by atoms with Crippen LogP contribution >= 0.6 is 11.6 Å². The van der Waals surface area contributed by atoms with E-state index < -0.39 is 0 Å². The lowest BCUT2D eigenvalue weighted by Gasteiger charge is -2.08. The van der Waals surface area contributed by atoms with Crippen LogP contribution in [0.15, 0.2) is 42.5 Å². The highest BCUT2D eigenvalue weighted by Crippen LogP contribution is 2.24. The average Bonchev–Trinajstić information content (AvgIpc) is 2.40. The molecule has 19 heavy (non-hydrogen) atoms. The van der Waals surface area contributed by atoms with Gasteiger partial charge in [-0.25, -0.2) is 4.39 Å². The quantitative estimate of drug-likeness (QED) is 0.674. The molecule has 0 heterocycles. The Morgan fingerprint density at radius 2 is 1.74 bits per heavy atom. The number of ether oxygens (including phenoxy) is 1. The summed E-state index contributed by atoms with van der Waals surface area (Å²) in [5, 5.41) is 0. The summed E-state index contributed by atoms with van der Waals surface area (Å²) in [4.78, 5) is 0. The van der Waals surface area contributed by atoms with Gasteiger partial charge in [0.15, 0.2) is 0 Å². The molecule has 0 amide bonds. The molecule has 2 aromatic carbocycles. The lowest BCUT2D eigenvalue weighted by Crippen LogP contribution is -1.89. The third-order valence-corrected chi connectivity index (χ3v) is 3.09. The zero-order valence-electron chi connectivity index (χ0n) is 10.8. The third kappa shape index (κ3) is 3.97. The molecule has 100 valence electrons. The van der Waals surface area contributed by atoms with Gasteiger partial charge < -0.3 is 4.74 Å². The first-order chi connectivity index (χ1) is 9.21. The summed E-state index contributed by atoms with van der Waals surface area (Å²) < 4.78 is 19.0. The molecule has 3 heteroatoms. The Morgan fingerprint density at radius 1 is 1.00 bits per heavy atom. The molecule has 0 aliphatic heterocycles. The van der Waals surface area contributed by atoms with Gasteiger partial charge in [-0.2, -0.15) is 0 Å². The van der Waals surface area contributed by atoms with Gasteiger partial charge in [0.05, 0.1) is 0 Å². The highest BCUT2D eigenvalue weighted by molar-refractivity contribution is 6.17. The summed E-state index contributed by atoms with van der Waals surface area (Å²) >= 11 is 5.71. The van der Waals surface area contributed by atoms with E-state index >= 15 is 0 Å². The number of rotatable bonds is 5. The van der Waals surface area contributed by atoms with Gasteiger partial charge in [0.2, 0.25) is 0 Å². The molecule has 0 unspecified atom stereocenters. The molecule has 0 atom stereocenters. The predicted molar refractivity (Wildman–Crippen MR) is 76.5 cm³/mol. The van der Waals surface area contributed by atoms with Crippen molar-refractivity contribution in [2.75, 3.05) is 0 Å². The second kappa shape index (κ2) is 6.58. The van der Waals surface area contributed by atoms with Crippen LogP contribution in [0.25, 0.3) is 0 Å². The molecular weight excluding hydrogens is 263 g/mol. The Hall–Kier alpha value is -1.54. The maximum Gasteiger partial charge on any atom is 0.130 e. The molecule has 0 saturated heterocycles. The monoisotopic (exact) mass is 278 g/mol. The first-order valence-corrected chi connectivity index (χ1v) is 6.87. The van der Waals surface area contributed by atoms with Crippen LogP contribution in [0.2, 0.25) is 0 Å². The third-order valence-electron chi connectivity index (χ3n) is 2.78. The largest absolute Gasteiger partial charge is 0.457 e. The van der Waals surface area contributed by atoms with E-state index in [0.29, 0.717) is 17.1 Å². The van der Waals surface area contributed by atoms with Crippen LogP contribution in [-0.4, -0.2) is 0 Å². The number of hydrogen-bond donors (Lipinski definition) is 0. The fraction of sp³-hybridized carbons (Fsp3) is 0.250. The van der Waals surface area contributed by atoms with E-state index in [9.17, 15) is 4.39 Å². The minimum Gasteiger partial charge on any atom is -0.457 e. The van der Waals surface area contributed by atoms with Gasteiger partial charge in [-0.3, -0.25) is 0 Å². The van der Waals surface area contributed by atoms with Crippen molar-refractivity contribution in [3.05, 3.63) is 59.4 Å². The Morgan fingerprint density at radius 3 is 2.37 bits per heavy atom. The molecule has 1 nitrogen and oxygen atoms in total. The molecule has 0 aliphatic rings. The van der Waals surface area contributed by atoms with Crippen LogP contribution < -0.4 is 4.74 Å². The smallest absolute Gasteiger partial charge is 0.130 e. The Balaban J connectivity index is 2.14. The lowest BCUT2D eigenvalue weighted by molar-refractivity contribution is 0.476. The molecule has 0 aliphatic carbocycles. The van der Waals surface area contributed by atoms with Gasteiger partial charge in [0.1, 0.15) is 17.3 Å². The highest BCUT2D eigenvalue weighted by atomic mass is 35.5. The Kier molecular flexibility index (Phi) is 4.80. The topological polar surface area (TPSA) is 9.23 Å². The minimum absolute atomic E-state index is 0.267. The van der Waals surface area contributed by atoms with E-state index in [1.807, 2.05) is 24.3 Å². The van der Waals surface area contributed by atoms with Gasteiger partial charge >= 0.3 is 0 Å². The zero-order valence-corrected chi connectivity index (χ0v) is 11.6. The Bertz CT molecular complexity index is 537. The molecule has 0 bridgehead atoms. The second-order valence-corrected chi connectivity index (χ2v) is 4.69. The molecule has 2 aromatic rings. The van der Waals surface area contributed by atoms with Crippen molar-refractivity contribution in [2.24, 2.45) is 0 Å². The van der Waals surface area contributed by atoms with Crippen molar-refractivity contribution in [1.82, 2.24) is 0 Å². The SMILES string of the molecule is CCCc1ccc(Oc2cc(F)cc(CCl)c2)cc1. The predicted octanol–water partition coefficient (Wildman–Crippen LogP) is 5.31. The van der Waals surface area contributed by atoms with Gasteiger partial charge in [0.25, 0.3) is 0 Å². The molecule has 0 saturated carbocycles. The van der Waals surface area contributed by atoms with Crippen molar-refractivity contribution >= 4 is 11.6 Å². The number of hydrogen-bond acceptors (Lipinski definition) is 1. The number of alkyl halides is 1. The first kappa shape index (κ1) is 13.9. The fourth-order valence-electron chi connectivity index (χ4n) is 1.91. The highest BCUT2D eigenvalue weighted by Gasteiger charge is 2.03. The molecular formula is C16H16ClFO. The molecule has 2 rings (SSSR count). The lowest BCUT2D eigenvalue weighted by atomic mass is 10.1. The van der Waals surface area contributed by atoms with Gasteiger partial charge in [-0.15, -0.1) is 11.6 Å². The maximum absolute atomic E-state index is 13.3. The van der Waals surface area contributed by atoms with E-state index in [-0.39, 0.29) is 11.7 Å². The van der Waals surface area contributed by atoms with Crippen molar-refractivity contribution < 1.29 is 9.13 Å². The summed E-state index contributed by atoms with van der Waals surface area (Å²) in [5.41, 5.74) is 1.98. The van der Waals surface area contributed by atoms with Crippen molar-refractivity contribution in [3.63, 3.8) is 0 Å². The van der Waals surface area contributed by atoms with Gasteiger partial charge in [-0.1, -0.05) is 25.5 Å². The van der Waals surface area contributed by atoms with Crippen LogP contribution in [0.4, 0.5) is 4.39 Å². The van der Waals surface area contributed by atoms with Crippen LogP contribution in [0, 0.1) is 5.82 Å². The number of halogens is 2. The fourth-order valence-corrected chi connectivity index (χ4v) is 2.06. The zero-order chi connectivity index (χ0) is 13.7. The Labute approximate surface area is 118 Å². The minimum atomic E-state index is -0.337. The van der Waals surface area contributed by atoms with Crippen LogP contribution in [0.1, 0.15) is 24.5 Å². The van der Waals surface area contributed by atoms with Gasteiger partial charge in [-0.05, 0) is 41.8 Å². The van der Waals surface area contributed by atoms with E-state index in [1.54, 1.807) is 6.07 Å². The van der Waals surface area contributed by atoms with Crippen molar-refractivity contribution in [1.29, 1.82) is 0 Å². The van der Waals surface area contributed by atoms with Crippen LogP contribution in [0.3, 0.4) is 0 Å². The van der Waals surface area contributed by atoms with E-state index in [0.717, 1.165) is 12.8 Å². The summed E-state index contributed by atoms with van der Waals surface area (Å²) in [6.45, 7) is 2.14. The number of aryl methyl sites for hydroxylation is 1. The summed E-state index contributed by atoms with van der Waals surface area (Å²) in [5.74, 6) is 1.10. The summed E-state index contributed by atoms with van der Waals surface area (Å²) in [6.07, 6.45) is 2.17. The van der Waals surface area contributed by atoms with Gasteiger partial charge in [0, 0.05) is 11.9 Å². The molecule has 0 fully saturated rings. The van der Waals surface area contributed by atoms with Crippen molar-refractivity contribution in [2.45, 2.75) is 25.6 Å². The summed E-state index contributed by atoms with van der Waals surface area (Å²) in [6, 6.07) is 12.4. The molecule has 0 aromatic heterocycles. The standard InChI is InChI=1S/C16H16ClFO/c1-2-3-12-4-6-15(7-5-12)19-16-9-13(11-17)8-14(18)10-16/h4-10H,2-3,11H2,1H3. The summed E-state index contributed by atoms with van der Waals surface area (Å²) in [7, 11) is 0. The molecule has 0 N–H and O–H groups in total. The first-order valence-electron chi connectivity index (χ1n) is 6.33. The van der Waals surface area contributed by atoms with Crippen LogP contribution in [0.5, 0.6) is 11.5 Å². The van der Waals surface area contributed by atoms with E-state index in [2.05, 4.69) is 6.92 Å². The molecule has 0 spiro atoms.